The van der Waals surface area contributed by atoms with Gasteiger partial charge in [0.2, 0.25) is 0 Å². The van der Waals surface area contributed by atoms with Gasteiger partial charge >= 0.3 is 0 Å². The Hall–Kier alpha value is -1.58. The van der Waals surface area contributed by atoms with Gasteiger partial charge in [0.15, 0.2) is 11.5 Å². The SMILES string of the molecule is COc1ccccc1OC.[B]C1=C2C(CCC1)CCN2C. The molecule has 0 bridgehead atoms. The van der Waals surface area contributed by atoms with Crippen molar-refractivity contribution in [3.63, 3.8) is 0 Å². The molecular weight excluding hydrogens is 261 g/mol. The van der Waals surface area contributed by atoms with E-state index in [0.29, 0.717) is 0 Å². The summed E-state index contributed by atoms with van der Waals surface area (Å²) >= 11 is 0. The minimum Gasteiger partial charge on any atom is -0.493 e. The predicted octanol–water partition coefficient (Wildman–Crippen LogP) is 3.21. The number of allylic oxidation sites excluding steroid dienone is 2. The van der Waals surface area contributed by atoms with Gasteiger partial charge in [0, 0.05) is 19.3 Å². The van der Waals surface area contributed by atoms with Crippen molar-refractivity contribution in [2.45, 2.75) is 25.7 Å². The van der Waals surface area contributed by atoms with E-state index in [4.69, 9.17) is 17.3 Å². The van der Waals surface area contributed by atoms with E-state index < -0.39 is 0 Å². The Morgan fingerprint density at radius 1 is 1.10 bits per heavy atom. The van der Waals surface area contributed by atoms with Crippen LogP contribution in [-0.4, -0.2) is 40.6 Å². The molecule has 1 heterocycles. The zero-order valence-corrected chi connectivity index (χ0v) is 13.3. The highest BCUT2D eigenvalue weighted by molar-refractivity contribution is 6.22. The van der Waals surface area contributed by atoms with Crippen molar-refractivity contribution < 1.29 is 9.47 Å². The molecule has 3 rings (SSSR count). The maximum atomic E-state index is 5.95. The smallest absolute Gasteiger partial charge is 0.160 e. The fourth-order valence-electron chi connectivity index (χ4n) is 3.16. The van der Waals surface area contributed by atoms with Crippen molar-refractivity contribution in [2.75, 3.05) is 27.8 Å². The molecule has 1 aliphatic carbocycles. The van der Waals surface area contributed by atoms with Crippen LogP contribution >= 0.6 is 0 Å². The van der Waals surface area contributed by atoms with Gasteiger partial charge in [0.1, 0.15) is 7.85 Å². The molecule has 1 aromatic rings. The highest BCUT2D eigenvalue weighted by atomic mass is 16.5. The summed E-state index contributed by atoms with van der Waals surface area (Å²) < 4.78 is 10.0. The Bertz CT molecular complexity index is 478. The molecule has 0 aromatic heterocycles. The van der Waals surface area contributed by atoms with E-state index in [-0.39, 0.29) is 0 Å². The van der Waals surface area contributed by atoms with Gasteiger partial charge in [-0.25, -0.2) is 0 Å². The van der Waals surface area contributed by atoms with Gasteiger partial charge < -0.3 is 14.4 Å². The van der Waals surface area contributed by atoms with Crippen LogP contribution in [0.5, 0.6) is 11.5 Å². The first-order chi connectivity index (χ1) is 10.2. The van der Waals surface area contributed by atoms with Crippen molar-refractivity contribution in [3.8, 4) is 11.5 Å². The maximum absolute atomic E-state index is 5.95. The largest absolute Gasteiger partial charge is 0.493 e. The van der Waals surface area contributed by atoms with Gasteiger partial charge in [0.25, 0.3) is 0 Å². The third-order valence-corrected chi connectivity index (χ3v) is 4.23. The number of benzene rings is 1. The van der Waals surface area contributed by atoms with Crippen molar-refractivity contribution in [1.82, 2.24) is 4.90 Å². The molecule has 1 unspecified atom stereocenters. The molecule has 3 nitrogen and oxygen atoms in total. The van der Waals surface area contributed by atoms with Crippen LogP contribution in [0.3, 0.4) is 0 Å². The standard InChI is InChI=1S/C9H14BN.C8H10O2/c1-11-6-5-7-3-2-4-8(10)9(7)11;1-9-7-5-3-4-6-8(7)10-2/h7H,2-6H2,1H3;3-6H,1-2H3. The number of hydrogen-bond acceptors (Lipinski definition) is 3. The van der Waals surface area contributed by atoms with Crippen molar-refractivity contribution >= 4 is 7.85 Å². The van der Waals surface area contributed by atoms with Crippen molar-refractivity contribution in [1.29, 1.82) is 0 Å². The second-order valence-electron chi connectivity index (χ2n) is 5.56. The van der Waals surface area contributed by atoms with Crippen LogP contribution in [0, 0.1) is 5.92 Å². The Morgan fingerprint density at radius 3 is 2.24 bits per heavy atom. The quantitative estimate of drug-likeness (QED) is 0.779. The topological polar surface area (TPSA) is 21.7 Å². The monoisotopic (exact) mass is 285 g/mol. The van der Waals surface area contributed by atoms with Gasteiger partial charge in [-0.2, -0.15) is 0 Å². The first-order valence-electron chi connectivity index (χ1n) is 7.54. The van der Waals surface area contributed by atoms with Crippen LogP contribution in [0.4, 0.5) is 0 Å². The van der Waals surface area contributed by atoms with E-state index >= 15 is 0 Å². The molecule has 0 amide bonds. The average Bonchev–Trinajstić information content (AvgIpc) is 2.90. The normalized spacial score (nSPS) is 20.5. The number of fused-ring (bicyclic) bond motifs is 1. The van der Waals surface area contributed by atoms with Crippen molar-refractivity contribution in [3.05, 3.63) is 35.4 Å². The second-order valence-corrected chi connectivity index (χ2v) is 5.56. The van der Waals surface area contributed by atoms with Crippen molar-refractivity contribution in [2.24, 2.45) is 5.92 Å². The van der Waals surface area contributed by atoms with Gasteiger partial charge in [-0.05, 0) is 43.7 Å². The molecule has 2 aliphatic rings. The number of ether oxygens (including phenoxy) is 2. The Morgan fingerprint density at radius 2 is 1.71 bits per heavy atom. The maximum Gasteiger partial charge on any atom is 0.160 e. The number of hydrogen-bond donors (Lipinski definition) is 0. The summed E-state index contributed by atoms with van der Waals surface area (Å²) in [6.07, 6.45) is 5.11. The first-order valence-corrected chi connectivity index (χ1v) is 7.54. The number of methoxy groups -OCH3 is 2. The summed E-state index contributed by atoms with van der Waals surface area (Å²) in [4.78, 5) is 2.33. The fraction of sp³-hybridized carbons (Fsp3) is 0.529. The predicted molar refractivity (Wildman–Crippen MR) is 86.9 cm³/mol. The summed E-state index contributed by atoms with van der Waals surface area (Å²) in [5, 5.41) is 0. The fourth-order valence-corrected chi connectivity index (χ4v) is 3.16. The van der Waals surface area contributed by atoms with E-state index in [1.807, 2.05) is 24.3 Å². The van der Waals surface area contributed by atoms with Crippen LogP contribution in [0.1, 0.15) is 25.7 Å². The lowest BCUT2D eigenvalue weighted by atomic mass is 9.78. The summed E-state index contributed by atoms with van der Waals surface area (Å²) in [6, 6.07) is 7.53. The molecule has 0 saturated carbocycles. The summed E-state index contributed by atoms with van der Waals surface area (Å²) in [5.41, 5.74) is 2.61. The molecule has 0 spiro atoms. The van der Waals surface area contributed by atoms with E-state index in [0.717, 1.165) is 29.3 Å². The number of rotatable bonds is 2. The van der Waals surface area contributed by atoms with Crippen LogP contribution in [0.25, 0.3) is 0 Å². The Balaban J connectivity index is 0.000000155. The van der Waals surface area contributed by atoms with Crippen LogP contribution in [-0.2, 0) is 0 Å². The molecule has 1 atom stereocenters. The molecule has 2 radical (unpaired) electrons. The molecule has 0 N–H and O–H groups in total. The van der Waals surface area contributed by atoms with E-state index in [1.165, 1.54) is 31.5 Å². The molecule has 1 saturated heterocycles. The van der Waals surface area contributed by atoms with Gasteiger partial charge in [-0.3, -0.25) is 0 Å². The van der Waals surface area contributed by atoms with E-state index in [9.17, 15) is 0 Å². The summed E-state index contributed by atoms with van der Waals surface area (Å²) in [6.45, 7) is 1.21. The third-order valence-electron chi connectivity index (χ3n) is 4.23. The van der Waals surface area contributed by atoms with E-state index in [1.54, 1.807) is 14.2 Å². The molecule has 112 valence electrons. The molecule has 4 heteroatoms. The Kier molecular flexibility index (Phi) is 5.60. The highest BCUT2D eigenvalue weighted by Gasteiger charge is 2.28. The lowest BCUT2D eigenvalue weighted by Gasteiger charge is -2.25. The van der Waals surface area contributed by atoms with Gasteiger partial charge in [-0.15, -0.1) is 0 Å². The minimum atomic E-state index is 0.769. The highest BCUT2D eigenvalue weighted by Crippen LogP contribution is 2.37. The number of nitrogens with zero attached hydrogens (tertiary/aromatic N) is 1. The number of likely N-dealkylation sites (tertiary alicyclic amines) is 1. The summed E-state index contributed by atoms with van der Waals surface area (Å²) in [5.74, 6) is 2.34. The van der Waals surface area contributed by atoms with Crippen LogP contribution in [0.2, 0.25) is 0 Å². The van der Waals surface area contributed by atoms with E-state index in [2.05, 4.69) is 11.9 Å². The van der Waals surface area contributed by atoms with Crippen LogP contribution < -0.4 is 9.47 Å². The zero-order valence-electron chi connectivity index (χ0n) is 13.3. The number of para-hydroxylation sites is 2. The molecule has 1 fully saturated rings. The lowest BCUT2D eigenvalue weighted by Crippen LogP contribution is -2.17. The molecule has 1 aliphatic heterocycles. The Labute approximate surface area is 129 Å². The van der Waals surface area contributed by atoms with Gasteiger partial charge in [0.05, 0.1) is 14.2 Å². The third kappa shape index (κ3) is 3.75. The second kappa shape index (κ2) is 7.44. The molecular formula is C17H24BNO2. The average molecular weight is 285 g/mol. The molecule has 21 heavy (non-hydrogen) atoms. The van der Waals surface area contributed by atoms with Crippen LogP contribution in [0.15, 0.2) is 35.4 Å². The lowest BCUT2D eigenvalue weighted by molar-refractivity contribution is 0.355. The van der Waals surface area contributed by atoms with Gasteiger partial charge in [-0.1, -0.05) is 17.6 Å². The minimum absolute atomic E-state index is 0.769. The summed E-state index contributed by atoms with van der Waals surface area (Å²) in [7, 11) is 11.4. The molecule has 1 aromatic carbocycles. The zero-order chi connectivity index (χ0) is 15.2. The first kappa shape index (κ1) is 15.8.